The van der Waals surface area contributed by atoms with E-state index in [-0.39, 0.29) is 11.4 Å². The molecule has 0 amide bonds. The summed E-state index contributed by atoms with van der Waals surface area (Å²) >= 11 is 0. The lowest BCUT2D eigenvalue weighted by Gasteiger charge is -2.07. The first-order valence-electron chi connectivity index (χ1n) is 4.65. The molecule has 1 aromatic rings. The largest absolute Gasteiger partial charge is 0.374 e. The minimum absolute atomic E-state index is 0.120. The van der Waals surface area contributed by atoms with Gasteiger partial charge in [-0.25, -0.2) is 4.39 Å². The van der Waals surface area contributed by atoms with Crippen LogP contribution in [0.15, 0.2) is 24.3 Å². The number of ether oxygens (including phenoxy) is 2. The maximum absolute atomic E-state index is 13.1. The van der Waals surface area contributed by atoms with E-state index in [2.05, 4.69) is 0 Å². The first-order valence-corrected chi connectivity index (χ1v) is 4.65. The lowest BCUT2D eigenvalue weighted by atomic mass is 10.2. The van der Waals surface area contributed by atoms with Crippen molar-refractivity contribution in [3.8, 4) is 0 Å². The second kappa shape index (κ2) is 3.67. The van der Waals surface area contributed by atoms with E-state index in [4.69, 9.17) is 9.47 Å². The second-order valence-corrected chi connectivity index (χ2v) is 3.82. The van der Waals surface area contributed by atoms with E-state index in [1.165, 1.54) is 6.07 Å². The molecule has 1 heterocycles. The van der Waals surface area contributed by atoms with Crippen LogP contribution in [0.4, 0.5) is 4.39 Å². The Bertz CT molecular complexity index is 321. The Hall–Kier alpha value is -0.930. The Balaban J connectivity index is 1.83. The van der Waals surface area contributed by atoms with Gasteiger partial charge < -0.3 is 9.47 Å². The van der Waals surface area contributed by atoms with Crippen LogP contribution in [-0.2, 0) is 16.1 Å². The van der Waals surface area contributed by atoms with Gasteiger partial charge >= 0.3 is 0 Å². The van der Waals surface area contributed by atoms with Crippen molar-refractivity contribution >= 4 is 0 Å². The molecule has 14 heavy (non-hydrogen) atoms. The van der Waals surface area contributed by atoms with Gasteiger partial charge in [0.25, 0.3) is 0 Å². The quantitative estimate of drug-likeness (QED) is 0.688. The van der Waals surface area contributed by atoms with E-state index in [0.29, 0.717) is 18.8 Å². The van der Waals surface area contributed by atoms with E-state index in [0.717, 1.165) is 6.61 Å². The van der Waals surface area contributed by atoms with Gasteiger partial charge in [-0.15, -0.1) is 0 Å². The fourth-order valence-electron chi connectivity index (χ4n) is 1.20. The Labute approximate surface area is 82.6 Å². The number of benzene rings is 1. The molecule has 1 aromatic carbocycles. The van der Waals surface area contributed by atoms with Crippen molar-refractivity contribution in [3.63, 3.8) is 0 Å². The summed E-state index contributed by atoms with van der Waals surface area (Å²) < 4.78 is 23.6. The van der Waals surface area contributed by atoms with Gasteiger partial charge in [-0.3, -0.25) is 0 Å². The van der Waals surface area contributed by atoms with Crippen molar-refractivity contribution in [3.05, 3.63) is 35.6 Å². The van der Waals surface area contributed by atoms with Crippen molar-refractivity contribution < 1.29 is 13.9 Å². The second-order valence-electron chi connectivity index (χ2n) is 3.82. The number of epoxide rings is 1. The molecular weight excluding hydrogens is 183 g/mol. The summed E-state index contributed by atoms with van der Waals surface area (Å²) in [5, 5.41) is 0. The normalized spacial score (nSPS) is 25.0. The molecular formula is C11H13FO2. The van der Waals surface area contributed by atoms with Gasteiger partial charge in [-0.05, 0) is 13.0 Å². The van der Waals surface area contributed by atoms with Gasteiger partial charge in [0.15, 0.2) is 0 Å². The van der Waals surface area contributed by atoms with Crippen LogP contribution in [0.3, 0.4) is 0 Å². The molecule has 1 aliphatic rings. The summed E-state index contributed by atoms with van der Waals surface area (Å²) in [7, 11) is 0. The summed E-state index contributed by atoms with van der Waals surface area (Å²) in [4.78, 5) is 0. The molecule has 76 valence electrons. The SMILES string of the molecule is CC1(COCc2ccccc2F)CO1. The highest BCUT2D eigenvalue weighted by Crippen LogP contribution is 2.26. The van der Waals surface area contributed by atoms with Crippen LogP contribution >= 0.6 is 0 Å². The zero-order valence-electron chi connectivity index (χ0n) is 8.13. The molecule has 0 spiro atoms. The van der Waals surface area contributed by atoms with Crippen LogP contribution in [0.5, 0.6) is 0 Å². The summed E-state index contributed by atoms with van der Waals surface area (Å²) in [6, 6.07) is 6.64. The Morgan fingerprint density at radius 2 is 2.21 bits per heavy atom. The lowest BCUT2D eigenvalue weighted by Crippen LogP contribution is -2.14. The first-order chi connectivity index (χ1) is 6.70. The first kappa shape index (κ1) is 9.62. The predicted molar refractivity (Wildman–Crippen MR) is 50.4 cm³/mol. The van der Waals surface area contributed by atoms with Crippen LogP contribution in [0.25, 0.3) is 0 Å². The van der Waals surface area contributed by atoms with Gasteiger partial charge in [-0.2, -0.15) is 0 Å². The van der Waals surface area contributed by atoms with Crippen LogP contribution in [0, 0.1) is 5.82 Å². The van der Waals surface area contributed by atoms with Crippen molar-refractivity contribution in [2.24, 2.45) is 0 Å². The number of hydrogen-bond acceptors (Lipinski definition) is 2. The van der Waals surface area contributed by atoms with Crippen LogP contribution in [0.2, 0.25) is 0 Å². The minimum Gasteiger partial charge on any atom is -0.374 e. The maximum atomic E-state index is 13.1. The molecule has 1 atom stereocenters. The molecule has 2 rings (SSSR count). The Morgan fingerprint density at radius 1 is 1.50 bits per heavy atom. The highest BCUT2D eigenvalue weighted by molar-refractivity contribution is 5.16. The smallest absolute Gasteiger partial charge is 0.128 e. The van der Waals surface area contributed by atoms with Crippen molar-refractivity contribution in [2.75, 3.05) is 13.2 Å². The third-order valence-electron chi connectivity index (χ3n) is 2.26. The zero-order valence-corrected chi connectivity index (χ0v) is 8.13. The summed E-state index contributed by atoms with van der Waals surface area (Å²) in [6.45, 7) is 3.56. The van der Waals surface area contributed by atoms with Crippen LogP contribution < -0.4 is 0 Å². The summed E-state index contributed by atoms with van der Waals surface area (Å²) in [6.07, 6.45) is 0. The lowest BCUT2D eigenvalue weighted by molar-refractivity contribution is 0.0726. The molecule has 0 radical (unpaired) electrons. The van der Waals surface area contributed by atoms with Gasteiger partial charge in [0.1, 0.15) is 11.4 Å². The highest BCUT2D eigenvalue weighted by atomic mass is 19.1. The molecule has 0 aromatic heterocycles. The summed E-state index contributed by atoms with van der Waals surface area (Å²) in [5.41, 5.74) is 0.474. The third-order valence-corrected chi connectivity index (χ3v) is 2.26. The van der Waals surface area contributed by atoms with Gasteiger partial charge in [0.05, 0.1) is 19.8 Å². The van der Waals surface area contributed by atoms with Crippen LogP contribution in [-0.4, -0.2) is 18.8 Å². The minimum atomic E-state index is -0.214. The maximum Gasteiger partial charge on any atom is 0.128 e. The molecule has 3 heteroatoms. The van der Waals surface area contributed by atoms with E-state index in [9.17, 15) is 4.39 Å². The molecule has 0 aliphatic carbocycles. The topological polar surface area (TPSA) is 21.8 Å². The van der Waals surface area contributed by atoms with Crippen molar-refractivity contribution in [2.45, 2.75) is 19.1 Å². The zero-order chi connectivity index (χ0) is 10.0. The predicted octanol–water partition coefficient (Wildman–Crippen LogP) is 2.13. The van der Waals surface area contributed by atoms with Crippen LogP contribution in [0.1, 0.15) is 12.5 Å². The number of hydrogen-bond donors (Lipinski definition) is 0. The third kappa shape index (κ3) is 2.30. The summed E-state index contributed by atoms with van der Waals surface area (Å²) in [5.74, 6) is -0.214. The molecule has 0 N–H and O–H groups in total. The average Bonchev–Trinajstić information content (AvgIpc) is 2.88. The standard InChI is InChI=1S/C11H13FO2/c1-11(8-14-11)7-13-6-9-4-2-3-5-10(9)12/h2-5H,6-8H2,1H3. The molecule has 2 nitrogen and oxygen atoms in total. The number of halogens is 1. The van der Waals surface area contributed by atoms with E-state index in [1.807, 2.05) is 6.92 Å². The van der Waals surface area contributed by atoms with Gasteiger partial charge in [0, 0.05) is 5.56 Å². The van der Waals surface area contributed by atoms with Gasteiger partial charge in [0.2, 0.25) is 0 Å². The molecule has 1 fully saturated rings. The Morgan fingerprint density at radius 3 is 2.86 bits per heavy atom. The van der Waals surface area contributed by atoms with Crippen molar-refractivity contribution in [1.29, 1.82) is 0 Å². The highest BCUT2D eigenvalue weighted by Gasteiger charge is 2.39. The molecule has 0 bridgehead atoms. The Kier molecular flexibility index (Phi) is 2.52. The number of rotatable bonds is 4. The fourth-order valence-corrected chi connectivity index (χ4v) is 1.20. The molecule has 1 saturated heterocycles. The molecule has 0 saturated carbocycles. The average molecular weight is 196 g/mol. The van der Waals surface area contributed by atoms with E-state index in [1.54, 1.807) is 18.2 Å². The van der Waals surface area contributed by atoms with E-state index >= 15 is 0 Å². The van der Waals surface area contributed by atoms with Crippen molar-refractivity contribution in [1.82, 2.24) is 0 Å². The van der Waals surface area contributed by atoms with Gasteiger partial charge in [-0.1, -0.05) is 18.2 Å². The molecule has 1 unspecified atom stereocenters. The fraction of sp³-hybridized carbons (Fsp3) is 0.455. The monoisotopic (exact) mass is 196 g/mol. The van der Waals surface area contributed by atoms with E-state index < -0.39 is 0 Å². The molecule has 1 aliphatic heterocycles.